The van der Waals surface area contributed by atoms with Crippen LogP contribution in [0.4, 0.5) is 11.4 Å². The maximum absolute atomic E-state index is 11.9. The molecule has 5 rings (SSSR count). The van der Waals surface area contributed by atoms with Crippen LogP contribution in [0.3, 0.4) is 0 Å². The van der Waals surface area contributed by atoms with Crippen LogP contribution >= 0.6 is 0 Å². The van der Waals surface area contributed by atoms with E-state index in [1.807, 2.05) is 35.9 Å². The molecule has 0 bridgehead atoms. The van der Waals surface area contributed by atoms with Crippen LogP contribution in [0.25, 0.3) is 0 Å². The molecule has 0 unspecified atom stereocenters. The number of aryl methyl sites for hydroxylation is 1. The van der Waals surface area contributed by atoms with Gasteiger partial charge in [0.1, 0.15) is 18.4 Å². The van der Waals surface area contributed by atoms with Crippen molar-refractivity contribution in [3.05, 3.63) is 66.2 Å². The standard InChI is InChI=1S/C28H35N5O4/c1-3-35-28(34)23-4-6-24(7-5-23)31-10-12-32(13-11-31)25-8-9-27(21(2)14-25)37-18-22-15-26(36-17-22)16-33-20-29-19-30-33/h4-9,14,19-20,22,26H,3,10-13,15-18H2,1-2H3/t22-,26-/m0/s1. The van der Waals surface area contributed by atoms with E-state index in [4.69, 9.17) is 14.2 Å². The molecule has 0 spiro atoms. The fourth-order valence-corrected chi connectivity index (χ4v) is 5.00. The van der Waals surface area contributed by atoms with Crippen molar-refractivity contribution in [3.8, 4) is 5.75 Å². The van der Waals surface area contributed by atoms with E-state index in [0.29, 0.717) is 31.3 Å². The van der Waals surface area contributed by atoms with Gasteiger partial charge in [0.15, 0.2) is 0 Å². The molecule has 2 fully saturated rings. The lowest BCUT2D eigenvalue weighted by atomic mass is 10.1. The summed E-state index contributed by atoms with van der Waals surface area (Å²) >= 11 is 0. The van der Waals surface area contributed by atoms with E-state index in [-0.39, 0.29) is 12.1 Å². The molecule has 2 atom stereocenters. The first-order valence-corrected chi connectivity index (χ1v) is 13.0. The van der Waals surface area contributed by atoms with Crippen molar-refractivity contribution in [3.63, 3.8) is 0 Å². The van der Waals surface area contributed by atoms with E-state index >= 15 is 0 Å². The van der Waals surface area contributed by atoms with E-state index < -0.39 is 0 Å². The number of carbonyl (C=O) groups is 1. The topological polar surface area (TPSA) is 82.0 Å². The molecule has 3 aromatic rings. The Morgan fingerprint density at radius 1 is 1.05 bits per heavy atom. The van der Waals surface area contributed by atoms with Crippen molar-refractivity contribution in [2.75, 3.05) is 55.8 Å². The van der Waals surface area contributed by atoms with Crippen LogP contribution in [0.5, 0.6) is 5.75 Å². The van der Waals surface area contributed by atoms with Crippen molar-refractivity contribution >= 4 is 17.3 Å². The van der Waals surface area contributed by atoms with Crippen molar-refractivity contribution in [2.45, 2.75) is 32.9 Å². The first kappa shape index (κ1) is 25.1. The summed E-state index contributed by atoms with van der Waals surface area (Å²) in [5, 5.41) is 4.16. The second-order valence-corrected chi connectivity index (χ2v) is 9.68. The molecule has 2 aliphatic rings. The summed E-state index contributed by atoms with van der Waals surface area (Å²) in [5.74, 6) is 1.04. The van der Waals surface area contributed by atoms with Crippen molar-refractivity contribution in [1.29, 1.82) is 0 Å². The first-order valence-electron chi connectivity index (χ1n) is 13.0. The lowest BCUT2D eigenvalue weighted by Crippen LogP contribution is -2.46. The fourth-order valence-electron chi connectivity index (χ4n) is 5.00. The number of rotatable bonds is 9. The van der Waals surface area contributed by atoms with Crippen molar-refractivity contribution in [1.82, 2.24) is 14.8 Å². The predicted octanol–water partition coefficient (Wildman–Crippen LogP) is 3.57. The highest BCUT2D eigenvalue weighted by molar-refractivity contribution is 5.89. The fraction of sp³-hybridized carbons (Fsp3) is 0.464. The number of aromatic nitrogens is 3. The summed E-state index contributed by atoms with van der Waals surface area (Å²) in [6.07, 6.45) is 4.40. The second-order valence-electron chi connectivity index (χ2n) is 9.68. The third-order valence-electron chi connectivity index (χ3n) is 7.04. The molecule has 3 heterocycles. The predicted molar refractivity (Wildman–Crippen MR) is 141 cm³/mol. The summed E-state index contributed by atoms with van der Waals surface area (Å²) in [6.45, 7) is 10.1. The maximum atomic E-state index is 11.9. The number of benzene rings is 2. The molecule has 37 heavy (non-hydrogen) atoms. The van der Waals surface area contributed by atoms with Gasteiger partial charge in [0.05, 0.1) is 38.0 Å². The van der Waals surface area contributed by atoms with Crippen LogP contribution in [0.2, 0.25) is 0 Å². The number of carbonyl (C=O) groups excluding carboxylic acids is 1. The maximum Gasteiger partial charge on any atom is 0.338 e. The Morgan fingerprint density at radius 2 is 1.78 bits per heavy atom. The zero-order chi connectivity index (χ0) is 25.6. The molecule has 2 aliphatic heterocycles. The molecule has 0 aliphatic carbocycles. The van der Waals surface area contributed by atoms with Gasteiger partial charge < -0.3 is 24.0 Å². The smallest absolute Gasteiger partial charge is 0.338 e. The van der Waals surface area contributed by atoms with E-state index in [2.05, 4.69) is 45.0 Å². The average molecular weight is 506 g/mol. The monoisotopic (exact) mass is 505 g/mol. The number of piperazine rings is 1. The second kappa shape index (κ2) is 11.6. The Bertz CT molecular complexity index is 1160. The number of nitrogens with zero attached hydrogens (tertiary/aromatic N) is 5. The van der Waals surface area contributed by atoms with Gasteiger partial charge in [-0.2, -0.15) is 5.10 Å². The average Bonchev–Trinajstić information content (AvgIpc) is 3.61. The molecule has 1 aromatic heterocycles. The van der Waals surface area contributed by atoms with Crippen molar-refractivity contribution in [2.24, 2.45) is 5.92 Å². The van der Waals surface area contributed by atoms with E-state index in [1.165, 1.54) is 5.69 Å². The minimum absolute atomic E-state index is 0.160. The Balaban J connectivity index is 1.09. The van der Waals surface area contributed by atoms with Gasteiger partial charge >= 0.3 is 5.97 Å². The number of ether oxygens (including phenoxy) is 3. The van der Waals surface area contributed by atoms with Crippen molar-refractivity contribution < 1.29 is 19.0 Å². The van der Waals surface area contributed by atoms with Crippen LogP contribution in [-0.2, 0) is 16.0 Å². The molecular weight excluding hydrogens is 470 g/mol. The Labute approximate surface area is 217 Å². The molecule has 0 N–H and O–H groups in total. The third-order valence-corrected chi connectivity index (χ3v) is 7.04. The molecule has 9 nitrogen and oxygen atoms in total. The van der Waals surface area contributed by atoms with Crippen LogP contribution in [0.1, 0.15) is 29.3 Å². The number of hydrogen-bond acceptors (Lipinski definition) is 8. The highest BCUT2D eigenvalue weighted by Gasteiger charge is 2.27. The quantitative estimate of drug-likeness (QED) is 0.408. The normalized spacial score (nSPS) is 19.7. The molecule has 0 amide bonds. The number of esters is 1. The zero-order valence-electron chi connectivity index (χ0n) is 21.6. The summed E-state index contributed by atoms with van der Waals surface area (Å²) in [7, 11) is 0. The molecule has 0 saturated carbocycles. The summed E-state index contributed by atoms with van der Waals surface area (Å²) in [4.78, 5) is 20.7. The highest BCUT2D eigenvalue weighted by atomic mass is 16.5. The number of anilines is 2. The Morgan fingerprint density at radius 3 is 2.46 bits per heavy atom. The Hall–Kier alpha value is -3.59. The Kier molecular flexibility index (Phi) is 7.89. The van der Waals surface area contributed by atoms with Gasteiger partial charge in [-0.3, -0.25) is 4.68 Å². The van der Waals surface area contributed by atoms with Gasteiger partial charge in [-0.15, -0.1) is 0 Å². The molecule has 196 valence electrons. The number of hydrogen-bond donors (Lipinski definition) is 0. The third kappa shape index (κ3) is 6.22. The van der Waals surface area contributed by atoms with E-state index in [1.54, 1.807) is 12.7 Å². The van der Waals surface area contributed by atoms with Crippen LogP contribution in [0.15, 0.2) is 55.1 Å². The van der Waals surface area contributed by atoms with Crippen LogP contribution in [-0.4, -0.2) is 72.8 Å². The van der Waals surface area contributed by atoms with Gasteiger partial charge in [0.2, 0.25) is 0 Å². The van der Waals surface area contributed by atoms with Gasteiger partial charge in [-0.25, -0.2) is 9.78 Å². The minimum atomic E-state index is -0.273. The minimum Gasteiger partial charge on any atom is -0.493 e. The van der Waals surface area contributed by atoms with Gasteiger partial charge in [-0.05, 0) is 68.3 Å². The summed E-state index contributed by atoms with van der Waals surface area (Å²) in [5.41, 5.74) is 4.09. The summed E-state index contributed by atoms with van der Waals surface area (Å²) < 4.78 is 19.0. The molecule has 9 heteroatoms. The SMILES string of the molecule is CCOC(=O)c1ccc(N2CCN(c3ccc(OC[C@@H]4CO[C@H](Cn5cncn5)C4)c(C)c3)CC2)cc1. The van der Waals surface area contributed by atoms with E-state index in [0.717, 1.165) is 56.1 Å². The van der Waals surface area contributed by atoms with Gasteiger partial charge in [-0.1, -0.05) is 0 Å². The summed E-state index contributed by atoms with van der Waals surface area (Å²) in [6, 6.07) is 14.2. The molecule has 2 aromatic carbocycles. The van der Waals surface area contributed by atoms with Gasteiger partial charge in [0.25, 0.3) is 0 Å². The highest BCUT2D eigenvalue weighted by Crippen LogP contribution is 2.28. The molecular formula is C28H35N5O4. The molecule has 0 radical (unpaired) electrons. The molecule has 2 saturated heterocycles. The lowest BCUT2D eigenvalue weighted by Gasteiger charge is -2.37. The largest absolute Gasteiger partial charge is 0.493 e. The first-order chi connectivity index (χ1) is 18.1. The van der Waals surface area contributed by atoms with E-state index in [9.17, 15) is 4.79 Å². The van der Waals surface area contributed by atoms with Gasteiger partial charge in [0, 0.05) is 43.5 Å². The van der Waals surface area contributed by atoms with Crippen LogP contribution in [0, 0.1) is 12.8 Å². The lowest BCUT2D eigenvalue weighted by molar-refractivity contribution is 0.0526. The van der Waals surface area contributed by atoms with Crippen LogP contribution < -0.4 is 14.5 Å². The zero-order valence-corrected chi connectivity index (χ0v) is 21.6.